The number of hydrogen-bond acceptors (Lipinski definition) is 3. The van der Waals surface area contributed by atoms with Gasteiger partial charge in [-0.05, 0) is 48.4 Å². The van der Waals surface area contributed by atoms with Gasteiger partial charge in [-0.2, -0.15) is 0 Å². The third kappa shape index (κ3) is 3.47. The number of hydrogen-bond donors (Lipinski definition) is 2. The Bertz CT molecular complexity index is 1320. The number of nitrogens with zero attached hydrogens (tertiary/aromatic N) is 1. The number of aromatic amines is 1. The number of para-hydroxylation sites is 1. The first-order chi connectivity index (χ1) is 15.6. The van der Waals surface area contributed by atoms with Crippen LogP contribution in [0.5, 0.6) is 5.75 Å². The van der Waals surface area contributed by atoms with Crippen molar-refractivity contribution in [1.29, 1.82) is 0 Å². The van der Waals surface area contributed by atoms with Crippen molar-refractivity contribution in [1.82, 2.24) is 4.98 Å². The molecule has 6 nitrogen and oxygen atoms in total. The Morgan fingerprint density at radius 2 is 1.94 bits per heavy atom. The lowest BCUT2D eigenvalue weighted by Gasteiger charge is -2.17. The molecule has 1 saturated heterocycles. The molecule has 1 unspecified atom stereocenters. The lowest BCUT2D eigenvalue weighted by atomic mass is 10.1. The van der Waals surface area contributed by atoms with E-state index in [-0.39, 0.29) is 18.2 Å². The van der Waals surface area contributed by atoms with Crippen LogP contribution in [0.25, 0.3) is 21.8 Å². The van der Waals surface area contributed by atoms with Crippen LogP contribution in [0.1, 0.15) is 18.9 Å². The molecule has 1 aliphatic heterocycles. The zero-order valence-corrected chi connectivity index (χ0v) is 18.1. The van der Waals surface area contributed by atoms with E-state index < -0.39 is 5.92 Å². The molecular formula is C26H25N3O3. The van der Waals surface area contributed by atoms with Gasteiger partial charge in [0.25, 0.3) is 0 Å². The molecule has 2 amide bonds. The van der Waals surface area contributed by atoms with Crippen LogP contribution in [-0.2, 0) is 16.0 Å². The molecule has 2 heterocycles. The highest BCUT2D eigenvalue weighted by Gasteiger charge is 2.35. The van der Waals surface area contributed by atoms with E-state index in [9.17, 15) is 9.59 Å². The Hall–Kier alpha value is -3.80. The Balaban J connectivity index is 1.34. The summed E-state index contributed by atoms with van der Waals surface area (Å²) in [5.74, 6) is 0.148. The molecule has 4 aromatic rings. The maximum Gasteiger partial charge on any atom is 0.229 e. The lowest BCUT2D eigenvalue weighted by Crippen LogP contribution is -2.28. The highest BCUT2D eigenvalue weighted by atomic mass is 16.5. The average Bonchev–Trinajstić information content (AvgIpc) is 3.39. The van der Waals surface area contributed by atoms with Gasteiger partial charge < -0.3 is 19.9 Å². The topological polar surface area (TPSA) is 74.4 Å². The van der Waals surface area contributed by atoms with Gasteiger partial charge in [0, 0.05) is 46.1 Å². The number of H-pyrrole nitrogens is 1. The summed E-state index contributed by atoms with van der Waals surface area (Å²) >= 11 is 0. The molecular weight excluding hydrogens is 402 g/mol. The van der Waals surface area contributed by atoms with E-state index in [1.807, 2.05) is 42.5 Å². The third-order valence-electron chi connectivity index (χ3n) is 6.25. The summed E-state index contributed by atoms with van der Waals surface area (Å²) in [5, 5.41) is 5.32. The Morgan fingerprint density at radius 1 is 1.12 bits per heavy atom. The number of carbonyl (C=O) groups excluding carboxylic acids is 2. The highest BCUT2D eigenvalue weighted by Crippen LogP contribution is 2.31. The lowest BCUT2D eigenvalue weighted by molar-refractivity contribution is -0.122. The molecule has 0 aliphatic carbocycles. The highest BCUT2D eigenvalue weighted by molar-refractivity contribution is 6.10. The van der Waals surface area contributed by atoms with Crippen LogP contribution in [0, 0.1) is 5.92 Å². The first kappa shape index (κ1) is 20.1. The summed E-state index contributed by atoms with van der Waals surface area (Å²) in [4.78, 5) is 30.6. The molecule has 162 valence electrons. The van der Waals surface area contributed by atoms with Gasteiger partial charge in [-0.1, -0.05) is 31.2 Å². The molecule has 1 aromatic heterocycles. The van der Waals surface area contributed by atoms with Crippen molar-refractivity contribution < 1.29 is 14.3 Å². The Labute approximate surface area is 186 Å². The third-order valence-corrected chi connectivity index (χ3v) is 6.25. The maximum absolute atomic E-state index is 12.9. The largest absolute Gasteiger partial charge is 0.497 e. The smallest absolute Gasteiger partial charge is 0.229 e. The average molecular weight is 428 g/mol. The number of amides is 2. The van der Waals surface area contributed by atoms with E-state index in [1.165, 1.54) is 10.9 Å². The van der Waals surface area contributed by atoms with Crippen LogP contribution in [0.4, 0.5) is 11.4 Å². The van der Waals surface area contributed by atoms with Crippen molar-refractivity contribution in [3.8, 4) is 5.75 Å². The fraction of sp³-hybridized carbons (Fsp3) is 0.231. The second-order valence-electron chi connectivity index (χ2n) is 8.17. The first-order valence-corrected chi connectivity index (χ1v) is 10.9. The quantitative estimate of drug-likeness (QED) is 0.477. The summed E-state index contributed by atoms with van der Waals surface area (Å²) < 4.78 is 5.18. The van der Waals surface area contributed by atoms with Gasteiger partial charge in [-0.15, -0.1) is 0 Å². The summed E-state index contributed by atoms with van der Waals surface area (Å²) in [6.45, 7) is 2.51. The standard InChI is InChI=1S/C26H25N3O3/c1-3-16-5-4-6-22-21-12-7-18(14-23(21)28-25(16)22)27-26(31)17-13-24(30)29(15-17)19-8-10-20(32-2)11-9-19/h4-12,14,17,28H,3,13,15H2,1-2H3,(H,27,31). The van der Waals surface area contributed by atoms with Gasteiger partial charge >= 0.3 is 0 Å². The van der Waals surface area contributed by atoms with Crippen LogP contribution in [0.15, 0.2) is 60.7 Å². The molecule has 0 bridgehead atoms. The van der Waals surface area contributed by atoms with Crippen LogP contribution in [0.2, 0.25) is 0 Å². The fourth-order valence-electron chi connectivity index (χ4n) is 4.50. The number of nitrogens with one attached hydrogen (secondary N) is 2. The molecule has 1 aliphatic rings. The van der Waals surface area contributed by atoms with E-state index in [4.69, 9.17) is 4.74 Å². The number of aromatic nitrogens is 1. The van der Waals surface area contributed by atoms with Gasteiger partial charge in [-0.3, -0.25) is 9.59 Å². The second-order valence-corrected chi connectivity index (χ2v) is 8.17. The normalized spacial score (nSPS) is 16.1. The van der Waals surface area contributed by atoms with Gasteiger partial charge in [0.15, 0.2) is 0 Å². The predicted octanol–water partition coefficient (Wildman–Crippen LogP) is 4.88. The minimum Gasteiger partial charge on any atom is -0.497 e. The SMILES string of the molecule is CCc1cccc2c1[nH]c1cc(NC(=O)C3CC(=O)N(c4ccc(OC)cc4)C3)ccc12. The van der Waals surface area contributed by atoms with Gasteiger partial charge in [0.1, 0.15) is 5.75 Å². The molecule has 0 radical (unpaired) electrons. The Kier molecular flexibility index (Phi) is 5.05. The molecule has 1 fully saturated rings. The fourth-order valence-corrected chi connectivity index (χ4v) is 4.50. The number of ether oxygens (including phenoxy) is 1. The second kappa shape index (κ2) is 8.04. The van der Waals surface area contributed by atoms with E-state index >= 15 is 0 Å². The van der Waals surface area contributed by atoms with Crippen molar-refractivity contribution in [2.24, 2.45) is 5.92 Å². The molecule has 32 heavy (non-hydrogen) atoms. The summed E-state index contributed by atoms with van der Waals surface area (Å²) in [6.07, 6.45) is 1.15. The summed E-state index contributed by atoms with van der Waals surface area (Å²) in [5.41, 5.74) is 4.90. The van der Waals surface area contributed by atoms with Crippen LogP contribution < -0.4 is 15.0 Å². The number of aryl methyl sites for hydroxylation is 1. The van der Waals surface area contributed by atoms with Gasteiger partial charge in [0.05, 0.1) is 13.0 Å². The number of carbonyl (C=O) groups is 2. The summed E-state index contributed by atoms with van der Waals surface area (Å²) in [7, 11) is 1.60. The van der Waals surface area contributed by atoms with Crippen LogP contribution >= 0.6 is 0 Å². The number of rotatable bonds is 5. The molecule has 3 aromatic carbocycles. The van der Waals surface area contributed by atoms with Crippen molar-refractivity contribution in [3.63, 3.8) is 0 Å². The molecule has 0 spiro atoms. The maximum atomic E-state index is 12.9. The zero-order valence-electron chi connectivity index (χ0n) is 18.1. The van der Waals surface area contributed by atoms with Gasteiger partial charge in [0.2, 0.25) is 11.8 Å². The predicted molar refractivity (Wildman–Crippen MR) is 127 cm³/mol. The number of methoxy groups -OCH3 is 1. The summed E-state index contributed by atoms with van der Waals surface area (Å²) in [6, 6.07) is 19.6. The van der Waals surface area contributed by atoms with Gasteiger partial charge in [-0.25, -0.2) is 0 Å². The van der Waals surface area contributed by atoms with E-state index in [0.29, 0.717) is 6.54 Å². The minimum atomic E-state index is -0.394. The first-order valence-electron chi connectivity index (χ1n) is 10.9. The molecule has 5 rings (SSSR count). The van der Waals surface area contributed by atoms with Crippen molar-refractivity contribution >= 4 is 45.0 Å². The minimum absolute atomic E-state index is 0.0477. The molecule has 1 atom stereocenters. The van der Waals surface area contributed by atoms with Crippen LogP contribution in [-0.4, -0.2) is 30.5 Å². The number of benzene rings is 3. The monoisotopic (exact) mass is 427 g/mol. The van der Waals surface area contributed by atoms with Crippen molar-refractivity contribution in [3.05, 3.63) is 66.2 Å². The number of anilines is 2. The van der Waals surface area contributed by atoms with E-state index in [1.54, 1.807) is 12.0 Å². The number of fused-ring (bicyclic) bond motifs is 3. The zero-order chi connectivity index (χ0) is 22.2. The van der Waals surface area contributed by atoms with E-state index in [0.717, 1.165) is 40.0 Å². The molecule has 6 heteroatoms. The molecule has 2 N–H and O–H groups in total. The van der Waals surface area contributed by atoms with Crippen LogP contribution in [0.3, 0.4) is 0 Å². The molecule has 0 saturated carbocycles. The van der Waals surface area contributed by atoms with Crippen molar-refractivity contribution in [2.75, 3.05) is 23.9 Å². The van der Waals surface area contributed by atoms with E-state index in [2.05, 4.69) is 35.4 Å². The Morgan fingerprint density at radius 3 is 2.69 bits per heavy atom. The van der Waals surface area contributed by atoms with Crippen molar-refractivity contribution in [2.45, 2.75) is 19.8 Å².